The van der Waals surface area contributed by atoms with Crippen molar-refractivity contribution in [2.45, 2.75) is 26.4 Å². The van der Waals surface area contributed by atoms with E-state index < -0.39 is 0 Å². The van der Waals surface area contributed by atoms with E-state index in [0.29, 0.717) is 5.88 Å². The summed E-state index contributed by atoms with van der Waals surface area (Å²) in [4.78, 5) is 14.0. The van der Waals surface area contributed by atoms with Crippen molar-refractivity contribution in [3.05, 3.63) is 41.6 Å². The minimum atomic E-state index is 0.222. The molecule has 0 amide bonds. The fraction of sp³-hybridized carbons (Fsp3) is 0.250. The minimum Gasteiger partial charge on any atom is -0.490 e. The molecule has 3 heterocycles. The van der Waals surface area contributed by atoms with Crippen LogP contribution in [0.15, 0.2) is 30.5 Å². The highest BCUT2D eigenvalue weighted by Crippen LogP contribution is 2.41. The van der Waals surface area contributed by atoms with Crippen LogP contribution in [0, 0.1) is 6.92 Å². The third kappa shape index (κ3) is 2.33. The SMILES string of the molecule is COc1cnc2c(-c3nc4ccc5c(c4s3)C[C@H](C)O5)cc(C)cc2n1. The van der Waals surface area contributed by atoms with Crippen LogP contribution in [0.1, 0.15) is 18.1 Å². The summed E-state index contributed by atoms with van der Waals surface area (Å²) >= 11 is 1.70. The van der Waals surface area contributed by atoms with Crippen LogP contribution in [0.4, 0.5) is 0 Å². The third-order valence-corrected chi connectivity index (χ3v) is 5.81. The highest BCUT2D eigenvalue weighted by molar-refractivity contribution is 7.22. The van der Waals surface area contributed by atoms with Crippen molar-refractivity contribution in [1.82, 2.24) is 15.0 Å². The summed E-state index contributed by atoms with van der Waals surface area (Å²) in [6, 6.07) is 8.22. The monoisotopic (exact) mass is 363 g/mol. The molecule has 0 aliphatic carbocycles. The molecule has 0 saturated carbocycles. The van der Waals surface area contributed by atoms with E-state index in [-0.39, 0.29) is 6.10 Å². The second-order valence-corrected chi connectivity index (χ2v) is 7.63. The van der Waals surface area contributed by atoms with Gasteiger partial charge < -0.3 is 9.47 Å². The average molecular weight is 363 g/mol. The first kappa shape index (κ1) is 15.5. The van der Waals surface area contributed by atoms with Crippen LogP contribution in [0.2, 0.25) is 0 Å². The second-order valence-electron chi connectivity index (χ2n) is 6.63. The summed E-state index contributed by atoms with van der Waals surface area (Å²) in [6.45, 7) is 4.16. The zero-order valence-corrected chi connectivity index (χ0v) is 15.6. The average Bonchev–Trinajstić information content (AvgIpc) is 3.22. The lowest BCUT2D eigenvalue weighted by molar-refractivity contribution is 0.254. The number of fused-ring (bicyclic) bond motifs is 4. The highest BCUT2D eigenvalue weighted by Gasteiger charge is 2.24. The Bertz CT molecular complexity index is 1170. The van der Waals surface area contributed by atoms with Crippen LogP contribution in [-0.2, 0) is 6.42 Å². The van der Waals surface area contributed by atoms with Gasteiger partial charge in [0.15, 0.2) is 0 Å². The van der Waals surface area contributed by atoms with Crippen LogP contribution >= 0.6 is 11.3 Å². The highest BCUT2D eigenvalue weighted by atomic mass is 32.1. The van der Waals surface area contributed by atoms with Crippen molar-refractivity contribution in [2.24, 2.45) is 0 Å². The number of aromatic nitrogens is 3. The summed E-state index contributed by atoms with van der Waals surface area (Å²) < 4.78 is 12.3. The van der Waals surface area contributed by atoms with E-state index in [1.54, 1.807) is 24.6 Å². The van der Waals surface area contributed by atoms with Crippen LogP contribution in [-0.4, -0.2) is 28.2 Å². The van der Waals surface area contributed by atoms with E-state index >= 15 is 0 Å². The fourth-order valence-corrected chi connectivity index (χ4v) is 4.63. The van der Waals surface area contributed by atoms with Crippen LogP contribution in [0.3, 0.4) is 0 Å². The van der Waals surface area contributed by atoms with Crippen molar-refractivity contribution in [2.75, 3.05) is 7.11 Å². The standard InChI is InChI=1S/C20H17N3O2S/c1-10-6-13(18-15(7-10)22-17(24-3)9-21-18)20-23-14-4-5-16-12(19(14)26-20)8-11(2)25-16/h4-7,9,11H,8H2,1-3H3/t11-/m0/s1. The van der Waals surface area contributed by atoms with E-state index in [1.807, 2.05) is 18.2 Å². The normalized spacial score (nSPS) is 16.0. The lowest BCUT2D eigenvalue weighted by atomic mass is 10.1. The van der Waals surface area contributed by atoms with E-state index in [1.165, 1.54) is 10.3 Å². The molecule has 4 aromatic rings. The van der Waals surface area contributed by atoms with Gasteiger partial charge >= 0.3 is 0 Å². The van der Waals surface area contributed by atoms with Crippen molar-refractivity contribution in [1.29, 1.82) is 0 Å². The predicted molar refractivity (Wildman–Crippen MR) is 103 cm³/mol. The molecule has 1 aliphatic heterocycles. The summed E-state index contributed by atoms with van der Waals surface area (Å²) in [5.41, 5.74) is 6.08. The molecule has 130 valence electrons. The van der Waals surface area contributed by atoms with E-state index in [9.17, 15) is 0 Å². The first-order valence-electron chi connectivity index (χ1n) is 8.53. The second kappa shape index (κ2) is 5.64. The lowest BCUT2D eigenvalue weighted by Crippen LogP contribution is -2.05. The molecule has 5 rings (SSSR count). The summed E-state index contributed by atoms with van der Waals surface area (Å²) in [6.07, 6.45) is 2.81. The van der Waals surface area contributed by atoms with Crippen molar-refractivity contribution in [3.63, 3.8) is 0 Å². The van der Waals surface area contributed by atoms with Gasteiger partial charge in [0.25, 0.3) is 0 Å². The number of rotatable bonds is 2. The molecule has 26 heavy (non-hydrogen) atoms. The molecule has 0 N–H and O–H groups in total. The molecule has 0 spiro atoms. The Morgan fingerprint density at radius 3 is 2.92 bits per heavy atom. The predicted octanol–water partition coefficient (Wildman–Crippen LogP) is 4.55. The number of hydrogen-bond donors (Lipinski definition) is 0. The van der Waals surface area contributed by atoms with Crippen molar-refractivity contribution >= 4 is 32.6 Å². The molecule has 1 aliphatic rings. The number of hydrogen-bond acceptors (Lipinski definition) is 6. The van der Waals surface area contributed by atoms with Crippen LogP contribution in [0.25, 0.3) is 31.8 Å². The van der Waals surface area contributed by atoms with Gasteiger partial charge in [-0.25, -0.2) is 15.0 Å². The maximum atomic E-state index is 5.89. The molecule has 0 saturated heterocycles. The first-order valence-corrected chi connectivity index (χ1v) is 9.35. The van der Waals surface area contributed by atoms with E-state index in [2.05, 4.69) is 29.9 Å². The molecular formula is C20H17N3O2S. The van der Waals surface area contributed by atoms with E-state index in [4.69, 9.17) is 14.5 Å². The molecule has 0 unspecified atom stereocenters. The molecule has 0 fully saturated rings. The lowest BCUT2D eigenvalue weighted by Gasteiger charge is -2.06. The van der Waals surface area contributed by atoms with Gasteiger partial charge in [0.05, 0.1) is 34.6 Å². The Labute approximate surface area is 154 Å². The maximum Gasteiger partial charge on any atom is 0.232 e. The number of nitrogens with zero attached hydrogens (tertiary/aromatic N) is 3. The smallest absolute Gasteiger partial charge is 0.232 e. The Kier molecular flexibility index (Phi) is 3.37. The Morgan fingerprint density at radius 1 is 1.19 bits per heavy atom. The topological polar surface area (TPSA) is 57.1 Å². The van der Waals surface area contributed by atoms with Gasteiger partial charge in [-0.3, -0.25) is 0 Å². The molecule has 6 heteroatoms. The number of thiazole rings is 1. The molecule has 2 aromatic carbocycles. The van der Waals surface area contributed by atoms with Crippen LogP contribution < -0.4 is 9.47 Å². The van der Waals surface area contributed by atoms with Gasteiger partial charge in [-0.05, 0) is 43.7 Å². The minimum absolute atomic E-state index is 0.222. The van der Waals surface area contributed by atoms with Gasteiger partial charge in [-0.15, -0.1) is 11.3 Å². The molecule has 1 atom stereocenters. The molecular weight excluding hydrogens is 346 g/mol. The van der Waals surface area contributed by atoms with Gasteiger partial charge in [-0.1, -0.05) is 0 Å². The molecule has 0 bridgehead atoms. The van der Waals surface area contributed by atoms with E-state index in [0.717, 1.165) is 44.9 Å². The number of ether oxygens (including phenoxy) is 2. The zero-order valence-electron chi connectivity index (χ0n) is 14.7. The van der Waals surface area contributed by atoms with Gasteiger partial charge in [0.1, 0.15) is 16.9 Å². The van der Waals surface area contributed by atoms with Crippen molar-refractivity contribution in [3.8, 4) is 22.2 Å². The van der Waals surface area contributed by atoms with Crippen LogP contribution in [0.5, 0.6) is 11.6 Å². The van der Waals surface area contributed by atoms with Crippen molar-refractivity contribution < 1.29 is 9.47 Å². The number of aryl methyl sites for hydroxylation is 1. The number of methoxy groups -OCH3 is 1. The third-order valence-electron chi connectivity index (χ3n) is 4.65. The largest absolute Gasteiger partial charge is 0.490 e. The Hall–Kier alpha value is -2.73. The number of benzene rings is 2. The zero-order chi connectivity index (χ0) is 17.8. The van der Waals surface area contributed by atoms with Gasteiger partial charge in [0.2, 0.25) is 5.88 Å². The summed E-state index contributed by atoms with van der Waals surface area (Å²) in [7, 11) is 1.60. The van der Waals surface area contributed by atoms with Gasteiger partial charge in [0, 0.05) is 17.5 Å². The molecule has 0 radical (unpaired) electrons. The Morgan fingerprint density at radius 2 is 2.08 bits per heavy atom. The summed E-state index contributed by atoms with van der Waals surface area (Å²) in [5.74, 6) is 1.50. The fourth-order valence-electron chi connectivity index (χ4n) is 3.50. The summed E-state index contributed by atoms with van der Waals surface area (Å²) in [5, 5.41) is 0.959. The first-order chi connectivity index (χ1) is 12.6. The molecule has 5 nitrogen and oxygen atoms in total. The molecule has 2 aromatic heterocycles. The quantitative estimate of drug-likeness (QED) is 0.523. The Balaban J connectivity index is 1.74. The van der Waals surface area contributed by atoms with Gasteiger partial charge in [-0.2, -0.15) is 0 Å². The maximum absolute atomic E-state index is 5.89.